The molecule has 2 aliphatic rings. The van der Waals surface area contributed by atoms with Gasteiger partial charge < -0.3 is 19.8 Å². The van der Waals surface area contributed by atoms with E-state index in [1.807, 2.05) is 24.3 Å². The van der Waals surface area contributed by atoms with Gasteiger partial charge in [-0.25, -0.2) is 13.6 Å². The molecule has 5 rings (SSSR count). The smallest absolute Gasteiger partial charge is 0.416 e. The van der Waals surface area contributed by atoms with E-state index < -0.39 is 41.4 Å². The maximum atomic E-state index is 13.9. The number of piperazine rings is 1. The Bertz CT molecular complexity index is 1370. The van der Waals surface area contributed by atoms with Gasteiger partial charge in [-0.15, -0.1) is 12.4 Å². The molecule has 2 fully saturated rings. The zero-order valence-electron chi connectivity index (χ0n) is 23.0. The highest BCUT2D eigenvalue weighted by Crippen LogP contribution is 2.40. The van der Waals surface area contributed by atoms with E-state index in [1.54, 1.807) is 4.90 Å². The second-order valence-corrected chi connectivity index (χ2v) is 10.4. The van der Waals surface area contributed by atoms with E-state index in [2.05, 4.69) is 21.8 Å². The molecule has 2 aromatic carbocycles. The number of carbonyl (C=O) groups is 1. The summed E-state index contributed by atoms with van der Waals surface area (Å²) >= 11 is 0. The van der Waals surface area contributed by atoms with Crippen LogP contribution in [0.1, 0.15) is 53.8 Å². The molecule has 1 N–H and O–H groups in total. The van der Waals surface area contributed by atoms with Crippen LogP contribution in [0.2, 0.25) is 0 Å². The van der Waals surface area contributed by atoms with Crippen LogP contribution in [0.15, 0.2) is 48.7 Å². The molecule has 3 aromatic rings. The zero-order valence-corrected chi connectivity index (χ0v) is 23.8. The van der Waals surface area contributed by atoms with Crippen molar-refractivity contribution >= 4 is 29.8 Å². The normalized spacial score (nSPS) is 18.3. The van der Waals surface area contributed by atoms with Gasteiger partial charge in [0.2, 0.25) is 0 Å². The molecule has 0 aliphatic carbocycles. The highest BCUT2D eigenvalue weighted by atomic mass is 35.5. The molecule has 7 nitrogen and oxygen atoms in total. The molecule has 1 atom stereocenters. The standard InChI is InChI=1S/C29H32F5N5O2.ClH/c1-2-36-12-14-37(15-13-36)21-8-5-19(6-9-21)23-10-7-20(29(32,33)34)16-25(23)38-11-3-4-22(18-38)39-26(27(30)31)24(17-35-39)28(40)41;/h5-10,16-17,22,27H,2-4,11-15,18H2,1H3,(H,40,41);1H. The van der Waals surface area contributed by atoms with Crippen LogP contribution >= 0.6 is 12.4 Å². The summed E-state index contributed by atoms with van der Waals surface area (Å²) in [6, 6.07) is 10.7. The monoisotopic (exact) mass is 613 g/mol. The Hall–Kier alpha value is -3.38. The molecule has 2 saturated heterocycles. The number of alkyl halides is 5. The van der Waals surface area contributed by atoms with Crippen molar-refractivity contribution in [2.75, 3.05) is 55.6 Å². The third-order valence-corrected chi connectivity index (χ3v) is 8.04. The predicted octanol–water partition coefficient (Wildman–Crippen LogP) is 6.61. The number of aromatic nitrogens is 2. The predicted molar refractivity (Wildman–Crippen MR) is 153 cm³/mol. The summed E-state index contributed by atoms with van der Waals surface area (Å²) in [7, 11) is 0. The second-order valence-electron chi connectivity index (χ2n) is 10.4. The molecule has 3 heterocycles. The minimum absolute atomic E-state index is 0. The summed E-state index contributed by atoms with van der Waals surface area (Å²) in [5.74, 6) is -1.50. The van der Waals surface area contributed by atoms with Crippen LogP contribution in [0.5, 0.6) is 0 Å². The van der Waals surface area contributed by atoms with Gasteiger partial charge in [0.25, 0.3) is 6.43 Å². The van der Waals surface area contributed by atoms with Crippen LogP contribution < -0.4 is 9.80 Å². The SMILES string of the molecule is CCN1CCN(c2ccc(-c3ccc(C(F)(F)F)cc3N3CCCC(n4ncc(C(=O)O)c4C(F)F)C3)cc2)CC1.Cl. The number of rotatable bonds is 7. The van der Waals surface area contributed by atoms with E-state index >= 15 is 0 Å². The lowest BCUT2D eigenvalue weighted by Gasteiger charge is -2.37. The molecular formula is C29H33ClF5N5O2. The quantitative estimate of drug-likeness (QED) is 0.303. The molecule has 2 aliphatic heterocycles. The van der Waals surface area contributed by atoms with Crippen molar-refractivity contribution in [3.05, 3.63) is 65.5 Å². The highest BCUT2D eigenvalue weighted by molar-refractivity contribution is 5.88. The molecule has 1 aromatic heterocycles. The van der Waals surface area contributed by atoms with Gasteiger partial charge in [0.05, 0.1) is 17.8 Å². The van der Waals surface area contributed by atoms with Crippen molar-refractivity contribution in [3.8, 4) is 11.1 Å². The summed E-state index contributed by atoms with van der Waals surface area (Å²) in [6.45, 7) is 7.39. The van der Waals surface area contributed by atoms with Crippen LogP contribution in [-0.2, 0) is 6.18 Å². The van der Waals surface area contributed by atoms with Crippen LogP contribution in [0.25, 0.3) is 11.1 Å². The summed E-state index contributed by atoms with van der Waals surface area (Å²) in [5.41, 5.74) is 0.664. The summed E-state index contributed by atoms with van der Waals surface area (Å²) in [5, 5.41) is 13.3. The van der Waals surface area contributed by atoms with E-state index in [0.29, 0.717) is 30.6 Å². The van der Waals surface area contributed by atoms with Gasteiger partial charge in [0, 0.05) is 56.2 Å². The average molecular weight is 614 g/mol. The van der Waals surface area contributed by atoms with Gasteiger partial charge in [-0.3, -0.25) is 4.68 Å². The van der Waals surface area contributed by atoms with Gasteiger partial charge in [0.15, 0.2) is 0 Å². The Morgan fingerprint density at radius 3 is 2.31 bits per heavy atom. The van der Waals surface area contributed by atoms with Crippen LogP contribution in [0.3, 0.4) is 0 Å². The third-order valence-electron chi connectivity index (χ3n) is 8.04. The lowest BCUT2D eigenvalue weighted by atomic mass is 9.97. The summed E-state index contributed by atoms with van der Waals surface area (Å²) in [4.78, 5) is 17.9. The molecular weight excluding hydrogens is 581 g/mol. The van der Waals surface area contributed by atoms with Crippen molar-refractivity contribution in [2.24, 2.45) is 0 Å². The molecule has 0 saturated carbocycles. The Morgan fingerprint density at radius 1 is 1.02 bits per heavy atom. The number of hydrogen-bond donors (Lipinski definition) is 1. The maximum absolute atomic E-state index is 13.9. The molecule has 0 bridgehead atoms. The minimum atomic E-state index is -4.56. The van der Waals surface area contributed by atoms with Crippen molar-refractivity contribution in [3.63, 3.8) is 0 Å². The average Bonchev–Trinajstić information content (AvgIpc) is 3.43. The number of hydrogen-bond acceptors (Lipinski definition) is 5. The fourth-order valence-corrected chi connectivity index (χ4v) is 5.81. The van der Waals surface area contributed by atoms with Gasteiger partial charge in [-0.2, -0.15) is 18.3 Å². The van der Waals surface area contributed by atoms with Gasteiger partial charge >= 0.3 is 12.1 Å². The number of halogens is 6. The number of aromatic carboxylic acids is 1. The lowest BCUT2D eigenvalue weighted by Crippen LogP contribution is -2.46. The number of piperidine rings is 1. The lowest BCUT2D eigenvalue weighted by molar-refractivity contribution is -0.137. The first-order valence-corrected chi connectivity index (χ1v) is 13.7. The second kappa shape index (κ2) is 12.9. The van der Waals surface area contributed by atoms with E-state index in [-0.39, 0.29) is 19.0 Å². The molecule has 228 valence electrons. The van der Waals surface area contributed by atoms with E-state index in [4.69, 9.17) is 0 Å². The summed E-state index contributed by atoms with van der Waals surface area (Å²) < 4.78 is 70.0. The van der Waals surface area contributed by atoms with Crippen LogP contribution in [-0.4, -0.2) is 71.6 Å². The number of nitrogens with zero attached hydrogens (tertiary/aromatic N) is 5. The molecule has 0 amide bonds. The minimum Gasteiger partial charge on any atom is -0.478 e. The third kappa shape index (κ3) is 6.49. The van der Waals surface area contributed by atoms with Gasteiger partial charge in [-0.05, 0) is 49.2 Å². The number of benzene rings is 2. The van der Waals surface area contributed by atoms with Gasteiger partial charge in [-0.1, -0.05) is 25.1 Å². The van der Waals surface area contributed by atoms with Crippen LogP contribution in [0.4, 0.5) is 33.3 Å². The van der Waals surface area contributed by atoms with E-state index in [0.717, 1.165) is 67.0 Å². The summed E-state index contributed by atoms with van der Waals surface area (Å²) in [6.07, 6.45) is -5.78. The first-order valence-electron chi connectivity index (χ1n) is 13.7. The molecule has 0 radical (unpaired) electrons. The fourth-order valence-electron chi connectivity index (χ4n) is 5.81. The Balaban J connectivity index is 0.00000405. The topological polar surface area (TPSA) is 64.8 Å². The van der Waals surface area contributed by atoms with Crippen molar-refractivity contribution < 1.29 is 31.9 Å². The van der Waals surface area contributed by atoms with Crippen molar-refractivity contribution in [2.45, 2.75) is 38.4 Å². The first-order chi connectivity index (χ1) is 19.6. The van der Waals surface area contributed by atoms with Crippen molar-refractivity contribution in [1.29, 1.82) is 0 Å². The molecule has 42 heavy (non-hydrogen) atoms. The maximum Gasteiger partial charge on any atom is 0.416 e. The molecule has 0 spiro atoms. The zero-order chi connectivity index (χ0) is 29.3. The number of anilines is 2. The Labute approximate surface area is 246 Å². The fraction of sp³-hybridized carbons (Fsp3) is 0.448. The van der Waals surface area contributed by atoms with Crippen molar-refractivity contribution in [1.82, 2.24) is 14.7 Å². The Kier molecular flexibility index (Phi) is 9.67. The highest BCUT2D eigenvalue weighted by Gasteiger charge is 2.34. The van der Waals surface area contributed by atoms with Crippen LogP contribution in [0, 0.1) is 0 Å². The number of likely N-dealkylation sites (N-methyl/N-ethyl adjacent to an activating group) is 1. The van der Waals surface area contributed by atoms with E-state index in [1.165, 1.54) is 6.07 Å². The number of carboxylic acid groups (broad SMARTS) is 1. The number of carboxylic acids is 1. The Morgan fingerprint density at radius 2 is 1.71 bits per heavy atom. The van der Waals surface area contributed by atoms with E-state index in [9.17, 15) is 31.9 Å². The molecule has 13 heteroatoms. The first kappa shape index (κ1) is 31.6. The van der Waals surface area contributed by atoms with Gasteiger partial charge in [0.1, 0.15) is 11.3 Å². The molecule has 1 unspecified atom stereocenters. The largest absolute Gasteiger partial charge is 0.478 e.